The van der Waals surface area contributed by atoms with Crippen molar-refractivity contribution in [2.75, 3.05) is 6.61 Å². The minimum Gasteiger partial charge on any atom is -0.462 e. The summed E-state index contributed by atoms with van der Waals surface area (Å²) in [7, 11) is 0. The van der Waals surface area contributed by atoms with Gasteiger partial charge in [-0.3, -0.25) is 9.97 Å². The number of aromatic nitrogens is 2. The number of ether oxygens (including phenoxy) is 2. The number of nitrogens with two attached hydrogens (primary N) is 1. The maximum absolute atomic E-state index is 6.15. The Morgan fingerprint density at radius 3 is 2.68 bits per heavy atom. The van der Waals surface area contributed by atoms with E-state index in [1.807, 2.05) is 42.5 Å². The first-order chi connectivity index (χ1) is 12.3. The number of hydrogen-bond acceptors (Lipinski definition) is 6. The molecule has 2 aliphatic rings. The van der Waals surface area contributed by atoms with Crippen LogP contribution in [0.5, 0.6) is 11.5 Å². The van der Waals surface area contributed by atoms with E-state index in [2.05, 4.69) is 9.97 Å². The number of nitrogens with zero attached hydrogens (tertiary/aromatic N) is 3. The lowest BCUT2D eigenvalue weighted by molar-refractivity contribution is 0.265. The SMILES string of the molecule is NC1=NC2(CO1)c1ccccc1Oc1cccc(-c3cnccn3)c12. The van der Waals surface area contributed by atoms with E-state index in [-0.39, 0.29) is 6.02 Å². The predicted molar refractivity (Wildman–Crippen MR) is 92.3 cm³/mol. The van der Waals surface area contributed by atoms with Gasteiger partial charge < -0.3 is 15.2 Å². The largest absolute Gasteiger partial charge is 0.462 e. The molecule has 2 N–H and O–H groups in total. The van der Waals surface area contributed by atoms with Gasteiger partial charge in [-0.15, -0.1) is 0 Å². The van der Waals surface area contributed by atoms with Crippen LogP contribution in [0.1, 0.15) is 11.1 Å². The summed E-state index contributed by atoms with van der Waals surface area (Å²) in [5, 5.41) is 0. The first kappa shape index (κ1) is 14.0. The van der Waals surface area contributed by atoms with Crippen molar-refractivity contribution in [1.29, 1.82) is 0 Å². The van der Waals surface area contributed by atoms with Crippen molar-refractivity contribution in [2.24, 2.45) is 10.7 Å². The summed E-state index contributed by atoms with van der Waals surface area (Å²) in [6, 6.07) is 13.9. The zero-order chi connectivity index (χ0) is 16.9. The Bertz CT molecular complexity index is 1000. The van der Waals surface area contributed by atoms with Gasteiger partial charge in [0.15, 0.2) is 5.54 Å². The second kappa shape index (κ2) is 5.04. The van der Waals surface area contributed by atoms with Crippen LogP contribution in [0.4, 0.5) is 0 Å². The molecule has 3 heterocycles. The van der Waals surface area contributed by atoms with Gasteiger partial charge in [0.2, 0.25) is 0 Å². The standard InChI is InChI=1S/C19H14N4O2/c20-18-23-19(11-24-18)13-5-1-2-6-15(13)25-16-7-3-4-12(17(16)19)14-10-21-8-9-22-14/h1-10H,11H2,(H2,20,23). The topological polar surface area (TPSA) is 82.6 Å². The highest BCUT2D eigenvalue weighted by Crippen LogP contribution is 2.53. The Labute approximate surface area is 144 Å². The van der Waals surface area contributed by atoms with Crippen molar-refractivity contribution in [3.8, 4) is 22.8 Å². The summed E-state index contributed by atoms with van der Waals surface area (Å²) in [6.45, 7) is 0.323. The van der Waals surface area contributed by atoms with Crippen LogP contribution in [0.25, 0.3) is 11.3 Å². The number of amidine groups is 1. The molecule has 2 aliphatic heterocycles. The smallest absolute Gasteiger partial charge is 0.283 e. The van der Waals surface area contributed by atoms with Crippen LogP contribution >= 0.6 is 0 Å². The first-order valence-corrected chi connectivity index (χ1v) is 7.93. The van der Waals surface area contributed by atoms with Crippen molar-refractivity contribution >= 4 is 6.02 Å². The summed E-state index contributed by atoms with van der Waals surface area (Å²) in [5.41, 5.74) is 8.64. The Morgan fingerprint density at radius 1 is 1.00 bits per heavy atom. The average Bonchev–Trinajstić information content (AvgIpc) is 3.04. The highest BCUT2D eigenvalue weighted by atomic mass is 16.5. The molecule has 1 atom stereocenters. The fraction of sp³-hybridized carbons (Fsp3) is 0.105. The molecule has 1 unspecified atom stereocenters. The molecule has 0 bridgehead atoms. The maximum Gasteiger partial charge on any atom is 0.283 e. The van der Waals surface area contributed by atoms with E-state index in [9.17, 15) is 0 Å². The van der Waals surface area contributed by atoms with Crippen LogP contribution in [-0.4, -0.2) is 22.6 Å². The molecular formula is C19H14N4O2. The van der Waals surface area contributed by atoms with Crippen molar-refractivity contribution in [1.82, 2.24) is 9.97 Å². The third-order valence-corrected chi connectivity index (χ3v) is 4.56. The second-order valence-corrected chi connectivity index (χ2v) is 5.97. The lowest BCUT2D eigenvalue weighted by Crippen LogP contribution is -2.31. The van der Waals surface area contributed by atoms with E-state index in [4.69, 9.17) is 20.2 Å². The van der Waals surface area contributed by atoms with Crippen molar-refractivity contribution < 1.29 is 9.47 Å². The Kier molecular flexibility index (Phi) is 2.82. The minimum absolute atomic E-state index is 0.177. The van der Waals surface area contributed by atoms with Gasteiger partial charge in [-0.25, -0.2) is 4.99 Å². The molecule has 2 aromatic carbocycles. The molecule has 1 aromatic heterocycles. The van der Waals surface area contributed by atoms with E-state index in [0.29, 0.717) is 6.61 Å². The summed E-state index contributed by atoms with van der Waals surface area (Å²) in [4.78, 5) is 13.3. The first-order valence-electron chi connectivity index (χ1n) is 7.93. The molecule has 3 aromatic rings. The molecule has 6 heteroatoms. The molecule has 0 aliphatic carbocycles. The Morgan fingerprint density at radius 2 is 1.88 bits per heavy atom. The lowest BCUT2D eigenvalue weighted by atomic mass is 9.78. The molecule has 5 rings (SSSR count). The van der Waals surface area contributed by atoms with E-state index < -0.39 is 5.54 Å². The van der Waals surface area contributed by atoms with E-state index >= 15 is 0 Å². The van der Waals surface area contributed by atoms with Gasteiger partial charge in [-0.2, -0.15) is 0 Å². The molecule has 0 saturated heterocycles. The summed E-state index contributed by atoms with van der Waals surface area (Å²) >= 11 is 0. The van der Waals surface area contributed by atoms with Crippen molar-refractivity contribution in [3.63, 3.8) is 0 Å². The van der Waals surface area contributed by atoms with Crippen LogP contribution in [0.3, 0.4) is 0 Å². The number of aliphatic imine (C=N–C) groups is 1. The quantitative estimate of drug-likeness (QED) is 0.742. The molecule has 0 fully saturated rings. The number of rotatable bonds is 1. The van der Waals surface area contributed by atoms with Crippen molar-refractivity contribution in [3.05, 3.63) is 72.2 Å². The zero-order valence-electron chi connectivity index (χ0n) is 13.2. The number of benzene rings is 2. The summed E-state index contributed by atoms with van der Waals surface area (Å²) in [5.74, 6) is 1.48. The molecule has 25 heavy (non-hydrogen) atoms. The molecule has 0 amide bonds. The van der Waals surface area contributed by atoms with Gasteiger partial charge in [0.05, 0.1) is 11.9 Å². The normalized spacial score (nSPS) is 20.2. The summed E-state index contributed by atoms with van der Waals surface area (Å²) in [6.07, 6.45) is 5.05. The fourth-order valence-corrected chi connectivity index (χ4v) is 3.54. The highest BCUT2D eigenvalue weighted by Gasteiger charge is 2.48. The molecule has 0 saturated carbocycles. The number of hydrogen-bond donors (Lipinski definition) is 1. The van der Waals surface area contributed by atoms with Gasteiger partial charge >= 0.3 is 0 Å². The third kappa shape index (κ3) is 1.94. The van der Waals surface area contributed by atoms with E-state index in [0.717, 1.165) is 33.9 Å². The Hall–Kier alpha value is -3.41. The van der Waals surface area contributed by atoms with Crippen LogP contribution < -0.4 is 10.5 Å². The third-order valence-electron chi connectivity index (χ3n) is 4.56. The number of fused-ring (bicyclic) bond motifs is 4. The predicted octanol–water partition coefficient (Wildman–Crippen LogP) is 2.84. The highest BCUT2D eigenvalue weighted by molar-refractivity contribution is 5.80. The molecule has 0 radical (unpaired) electrons. The van der Waals surface area contributed by atoms with Gasteiger partial charge in [-0.05, 0) is 12.1 Å². The lowest BCUT2D eigenvalue weighted by Gasteiger charge is -2.34. The van der Waals surface area contributed by atoms with Gasteiger partial charge in [-0.1, -0.05) is 30.3 Å². The zero-order valence-corrected chi connectivity index (χ0v) is 13.2. The van der Waals surface area contributed by atoms with E-state index in [1.54, 1.807) is 18.6 Å². The maximum atomic E-state index is 6.15. The molecule has 6 nitrogen and oxygen atoms in total. The second-order valence-electron chi connectivity index (χ2n) is 5.97. The average molecular weight is 330 g/mol. The molecular weight excluding hydrogens is 316 g/mol. The summed E-state index contributed by atoms with van der Waals surface area (Å²) < 4.78 is 11.7. The Balaban J connectivity index is 1.85. The van der Waals surface area contributed by atoms with E-state index in [1.165, 1.54) is 0 Å². The van der Waals surface area contributed by atoms with Crippen LogP contribution in [-0.2, 0) is 10.3 Å². The van der Waals surface area contributed by atoms with Crippen LogP contribution in [0, 0.1) is 0 Å². The van der Waals surface area contributed by atoms with Gasteiger partial charge in [0.1, 0.15) is 18.1 Å². The molecule has 1 spiro atoms. The number of para-hydroxylation sites is 1. The van der Waals surface area contributed by atoms with Crippen molar-refractivity contribution in [2.45, 2.75) is 5.54 Å². The van der Waals surface area contributed by atoms with Crippen LogP contribution in [0.2, 0.25) is 0 Å². The van der Waals surface area contributed by atoms with Gasteiger partial charge in [0.25, 0.3) is 6.02 Å². The minimum atomic E-state index is -0.748. The van der Waals surface area contributed by atoms with Crippen LogP contribution in [0.15, 0.2) is 66.0 Å². The fourth-order valence-electron chi connectivity index (χ4n) is 3.54. The monoisotopic (exact) mass is 330 g/mol. The molecule has 122 valence electrons. The van der Waals surface area contributed by atoms with Gasteiger partial charge in [0, 0.05) is 29.1 Å².